The van der Waals surface area contributed by atoms with Crippen LogP contribution in [0.25, 0.3) is 0 Å². The molecule has 0 bridgehead atoms. The molecule has 3 nitrogen and oxygen atoms in total. The van der Waals surface area contributed by atoms with Crippen molar-refractivity contribution >= 4 is 0 Å². The molecule has 0 radical (unpaired) electrons. The van der Waals surface area contributed by atoms with Gasteiger partial charge >= 0.3 is 0 Å². The Morgan fingerprint density at radius 1 is 1.26 bits per heavy atom. The number of rotatable bonds is 7. The van der Waals surface area contributed by atoms with E-state index in [-0.39, 0.29) is 0 Å². The molecule has 2 rings (SSSR count). The molecular weight excluding hydrogens is 236 g/mol. The van der Waals surface area contributed by atoms with Gasteiger partial charge in [0, 0.05) is 19.1 Å². The van der Waals surface area contributed by atoms with Crippen molar-refractivity contribution in [1.82, 2.24) is 10.2 Å². The Bertz CT molecular complexity index is 261. The third-order valence-corrected chi connectivity index (χ3v) is 4.97. The Morgan fingerprint density at radius 2 is 2.00 bits per heavy atom. The molecule has 1 aliphatic heterocycles. The molecule has 1 saturated heterocycles. The summed E-state index contributed by atoms with van der Waals surface area (Å²) in [6, 6.07) is 0.433. The molecule has 2 fully saturated rings. The van der Waals surface area contributed by atoms with Crippen LogP contribution in [0.4, 0.5) is 0 Å². The molecule has 1 heterocycles. The first kappa shape index (κ1) is 15.3. The Morgan fingerprint density at radius 3 is 2.63 bits per heavy atom. The van der Waals surface area contributed by atoms with Crippen LogP contribution < -0.4 is 5.32 Å². The second kappa shape index (κ2) is 7.05. The van der Waals surface area contributed by atoms with Crippen LogP contribution in [0.1, 0.15) is 52.4 Å². The molecule has 2 N–H and O–H groups in total. The van der Waals surface area contributed by atoms with Gasteiger partial charge in [-0.05, 0) is 50.1 Å². The molecule has 0 aromatic carbocycles. The molecule has 1 unspecified atom stereocenters. The van der Waals surface area contributed by atoms with Crippen molar-refractivity contribution in [3.05, 3.63) is 0 Å². The number of likely N-dealkylation sites (tertiary alicyclic amines) is 1. The summed E-state index contributed by atoms with van der Waals surface area (Å²) in [7, 11) is 0. The molecule has 1 saturated carbocycles. The fourth-order valence-corrected chi connectivity index (χ4v) is 3.88. The van der Waals surface area contributed by atoms with Gasteiger partial charge < -0.3 is 10.4 Å². The van der Waals surface area contributed by atoms with Gasteiger partial charge in [-0.2, -0.15) is 0 Å². The van der Waals surface area contributed by atoms with E-state index in [1.807, 2.05) is 0 Å². The van der Waals surface area contributed by atoms with Gasteiger partial charge in [-0.15, -0.1) is 0 Å². The van der Waals surface area contributed by atoms with Crippen LogP contribution in [-0.4, -0.2) is 48.8 Å². The first-order valence-electron chi connectivity index (χ1n) is 8.21. The number of aliphatic hydroxyl groups excluding tert-OH is 1. The second-order valence-corrected chi connectivity index (χ2v) is 7.18. The quantitative estimate of drug-likeness (QED) is 0.743. The van der Waals surface area contributed by atoms with E-state index in [1.165, 1.54) is 58.2 Å². The molecule has 0 aromatic rings. The van der Waals surface area contributed by atoms with Crippen molar-refractivity contribution in [2.75, 3.05) is 32.8 Å². The molecule has 2 aliphatic rings. The fraction of sp³-hybridized carbons (Fsp3) is 1.00. The van der Waals surface area contributed by atoms with Crippen molar-refractivity contribution in [3.63, 3.8) is 0 Å². The van der Waals surface area contributed by atoms with E-state index in [1.54, 1.807) is 0 Å². The van der Waals surface area contributed by atoms with E-state index in [0.29, 0.717) is 18.1 Å². The molecule has 1 atom stereocenters. The van der Waals surface area contributed by atoms with Crippen LogP contribution in [0.3, 0.4) is 0 Å². The van der Waals surface area contributed by atoms with Crippen molar-refractivity contribution < 1.29 is 5.11 Å². The first-order valence-corrected chi connectivity index (χ1v) is 8.21. The normalized spacial score (nSPS) is 27.5. The minimum atomic E-state index is 0.343. The summed E-state index contributed by atoms with van der Waals surface area (Å²) in [6.07, 6.45) is 7.97. The highest BCUT2D eigenvalue weighted by molar-refractivity contribution is 4.92. The zero-order chi connectivity index (χ0) is 13.7. The van der Waals surface area contributed by atoms with Crippen LogP contribution in [0.2, 0.25) is 0 Å². The molecular formula is C16H32N2O. The lowest BCUT2D eigenvalue weighted by molar-refractivity contribution is 0.102. The van der Waals surface area contributed by atoms with Gasteiger partial charge in [0.05, 0.1) is 6.61 Å². The molecule has 0 aromatic heterocycles. The van der Waals surface area contributed by atoms with Crippen LogP contribution in [0.5, 0.6) is 0 Å². The highest BCUT2D eigenvalue weighted by Crippen LogP contribution is 2.39. The fourth-order valence-electron chi connectivity index (χ4n) is 3.88. The van der Waals surface area contributed by atoms with Crippen molar-refractivity contribution in [2.45, 2.75) is 58.4 Å². The van der Waals surface area contributed by atoms with Crippen LogP contribution in [-0.2, 0) is 0 Å². The van der Waals surface area contributed by atoms with E-state index >= 15 is 0 Å². The van der Waals surface area contributed by atoms with E-state index in [2.05, 4.69) is 24.1 Å². The largest absolute Gasteiger partial charge is 0.395 e. The Labute approximate surface area is 118 Å². The zero-order valence-corrected chi connectivity index (χ0v) is 12.8. The second-order valence-electron chi connectivity index (χ2n) is 7.18. The van der Waals surface area contributed by atoms with E-state index in [4.69, 9.17) is 0 Å². The predicted octanol–water partition coefficient (Wildman–Crippen LogP) is 2.25. The lowest BCUT2D eigenvalue weighted by Gasteiger charge is -2.36. The van der Waals surface area contributed by atoms with Gasteiger partial charge in [0.1, 0.15) is 0 Å². The molecule has 0 spiro atoms. The van der Waals surface area contributed by atoms with Crippen LogP contribution in [0.15, 0.2) is 0 Å². The molecule has 3 heteroatoms. The first-order chi connectivity index (χ1) is 9.15. The third-order valence-electron chi connectivity index (χ3n) is 4.97. The lowest BCUT2D eigenvalue weighted by atomic mass is 9.85. The average molecular weight is 268 g/mol. The Hall–Kier alpha value is -0.120. The van der Waals surface area contributed by atoms with Gasteiger partial charge in [-0.3, -0.25) is 4.90 Å². The van der Waals surface area contributed by atoms with Crippen LogP contribution >= 0.6 is 0 Å². The summed E-state index contributed by atoms with van der Waals surface area (Å²) in [5, 5.41) is 13.2. The highest BCUT2D eigenvalue weighted by Gasteiger charge is 2.37. The van der Waals surface area contributed by atoms with E-state index in [9.17, 15) is 5.11 Å². The minimum absolute atomic E-state index is 0.343. The van der Waals surface area contributed by atoms with Gasteiger partial charge in [0.2, 0.25) is 0 Å². The Balaban J connectivity index is 1.87. The number of nitrogens with one attached hydrogen (secondary N) is 1. The smallest absolute Gasteiger partial charge is 0.0586 e. The highest BCUT2D eigenvalue weighted by atomic mass is 16.3. The van der Waals surface area contributed by atoms with Crippen molar-refractivity contribution in [1.29, 1.82) is 0 Å². The van der Waals surface area contributed by atoms with Gasteiger partial charge in [0.25, 0.3) is 0 Å². The molecule has 1 aliphatic carbocycles. The molecule has 112 valence electrons. The summed E-state index contributed by atoms with van der Waals surface area (Å²) in [4.78, 5) is 2.56. The maximum atomic E-state index is 9.49. The number of aliphatic hydroxyl groups is 1. The van der Waals surface area contributed by atoms with Crippen LogP contribution in [0, 0.1) is 11.3 Å². The summed E-state index contributed by atoms with van der Waals surface area (Å²) >= 11 is 0. The third kappa shape index (κ3) is 4.17. The number of nitrogens with zero attached hydrogens (tertiary/aromatic N) is 1. The van der Waals surface area contributed by atoms with Crippen molar-refractivity contribution in [3.8, 4) is 0 Å². The SMILES string of the molecule is CC(C)CNCC1(CN2CCCC2CO)CCCC1. The monoisotopic (exact) mass is 268 g/mol. The molecule has 19 heavy (non-hydrogen) atoms. The van der Waals surface area contributed by atoms with Crippen molar-refractivity contribution in [2.24, 2.45) is 11.3 Å². The Kier molecular flexibility index (Phi) is 5.67. The van der Waals surface area contributed by atoms with Gasteiger partial charge in [-0.1, -0.05) is 26.7 Å². The average Bonchev–Trinajstić information content (AvgIpc) is 2.99. The zero-order valence-electron chi connectivity index (χ0n) is 12.8. The van der Waals surface area contributed by atoms with E-state index in [0.717, 1.165) is 12.5 Å². The van der Waals surface area contributed by atoms with E-state index < -0.39 is 0 Å². The van der Waals surface area contributed by atoms with Gasteiger partial charge in [0.15, 0.2) is 0 Å². The number of hydrogen-bond donors (Lipinski definition) is 2. The summed E-state index contributed by atoms with van der Waals surface area (Å²) in [6.45, 7) is 9.58. The summed E-state index contributed by atoms with van der Waals surface area (Å²) in [5.41, 5.74) is 0.479. The lowest BCUT2D eigenvalue weighted by Crippen LogP contribution is -2.45. The standard InChI is InChI=1S/C16H32N2O/c1-14(2)10-17-12-16(7-3-4-8-16)13-18-9-5-6-15(18)11-19/h14-15,17,19H,3-13H2,1-2H3. The molecule has 0 amide bonds. The summed E-state index contributed by atoms with van der Waals surface area (Å²) < 4.78 is 0. The van der Waals surface area contributed by atoms with Gasteiger partial charge in [-0.25, -0.2) is 0 Å². The summed E-state index contributed by atoms with van der Waals surface area (Å²) in [5.74, 6) is 0.732. The maximum Gasteiger partial charge on any atom is 0.0586 e. The maximum absolute atomic E-state index is 9.49. The topological polar surface area (TPSA) is 35.5 Å². The minimum Gasteiger partial charge on any atom is -0.395 e. The number of hydrogen-bond acceptors (Lipinski definition) is 3. The predicted molar refractivity (Wildman–Crippen MR) is 80.3 cm³/mol.